The summed E-state index contributed by atoms with van der Waals surface area (Å²) in [6, 6.07) is 9.35. The van der Waals surface area contributed by atoms with E-state index in [9.17, 15) is 13.5 Å². The molecular weight excluding hydrogens is 292 g/mol. The summed E-state index contributed by atoms with van der Waals surface area (Å²) in [6.07, 6.45) is 1.89. The number of hydrogen-bond donors (Lipinski definition) is 4. The quantitative estimate of drug-likeness (QED) is 0.458. The Morgan fingerprint density at radius 3 is 2.57 bits per heavy atom. The number of anilines is 1. The van der Waals surface area contributed by atoms with E-state index in [1.54, 1.807) is 24.3 Å². The number of rotatable bonds is 6. The van der Waals surface area contributed by atoms with Crippen LogP contribution in [0.1, 0.15) is 5.56 Å². The molecule has 1 aromatic heterocycles. The highest BCUT2D eigenvalue weighted by Crippen LogP contribution is 2.12. The van der Waals surface area contributed by atoms with Crippen LogP contribution < -0.4 is 16.0 Å². The van der Waals surface area contributed by atoms with Gasteiger partial charge in [0.25, 0.3) is 0 Å². The lowest BCUT2D eigenvalue weighted by atomic mass is 10.1. The molecule has 0 aliphatic carbocycles. The first-order valence-corrected chi connectivity index (χ1v) is 7.70. The van der Waals surface area contributed by atoms with Gasteiger partial charge in [-0.25, -0.2) is 24.0 Å². The summed E-state index contributed by atoms with van der Waals surface area (Å²) in [5.41, 5.74) is 3.23. The standard InChI is InChI=1S/C13H16N4O3S/c14-17-13-9-12(6-7-15-13)21(19,20)16-8-5-10-1-3-11(18)4-2-10/h1-4,6-7,9,16,18H,5,8,14H2,(H,15,17). The highest BCUT2D eigenvalue weighted by Gasteiger charge is 2.14. The summed E-state index contributed by atoms with van der Waals surface area (Å²) in [6.45, 7) is 0.251. The fourth-order valence-electron chi connectivity index (χ4n) is 1.73. The number of hydrogen-bond acceptors (Lipinski definition) is 6. The molecular formula is C13H16N4O3S. The van der Waals surface area contributed by atoms with Crippen molar-refractivity contribution in [2.24, 2.45) is 5.84 Å². The zero-order valence-corrected chi connectivity index (χ0v) is 12.0. The first-order valence-electron chi connectivity index (χ1n) is 6.21. The number of phenols is 1. The van der Waals surface area contributed by atoms with Crippen LogP contribution in [0.5, 0.6) is 5.75 Å². The van der Waals surface area contributed by atoms with E-state index < -0.39 is 10.0 Å². The zero-order chi connectivity index (χ0) is 15.3. The summed E-state index contributed by atoms with van der Waals surface area (Å²) < 4.78 is 26.7. The SMILES string of the molecule is NNc1cc(S(=O)(=O)NCCc2ccc(O)cc2)ccn1. The van der Waals surface area contributed by atoms with E-state index in [0.717, 1.165) is 5.56 Å². The Hall–Kier alpha value is -2.16. The van der Waals surface area contributed by atoms with E-state index in [0.29, 0.717) is 6.42 Å². The van der Waals surface area contributed by atoms with Gasteiger partial charge in [0.1, 0.15) is 11.6 Å². The smallest absolute Gasteiger partial charge is 0.240 e. The van der Waals surface area contributed by atoms with Crippen LogP contribution in [0.3, 0.4) is 0 Å². The normalized spacial score (nSPS) is 11.3. The monoisotopic (exact) mass is 308 g/mol. The number of nitrogen functional groups attached to an aromatic ring is 1. The Labute approximate surface area is 122 Å². The topological polar surface area (TPSA) is 117 Å². The molecule has 0 aliphatic heterocycles. The summed E-state index contributed by atoms with van der Waals surface area (Å²) in [7, 11) is -3.61. The van der Waals surface area contributed by atoms with Gasteiger partial charge >= 0.3 is 0 Å². The maximum absolute atomic E-state index is 12.1. The van der Waals surface area contributed by atoms with Gasteiger partial charge in [0.2, 0.25) is 10.0 Å². The Kier molecular flexibility index (Phi) is 4.73. The second-order valence-corrected chi connectivity index (χ2v) is 6.10. The molecule has 5 N–H and O–H groups in total. The maximum atomic E-state index is 12.1. The van der Waals surface area contributed by atoms with Crippen LogP contribution in [0.2, 0.25) is 0 Å². The van der Waals surface area contributed by atoms with Crippen molar-refractivity contribution in [3.8, 4) is 5.75 Å². The minimum Gasteiger partial charge on any atom is -0.508 e. The summed E-state index contributed by atoms with van der Waals surface area (Å²) >= 11 is 0. The number of phenolic OH excluding ortho intramolecular Hbond substituents is 1. The molecule has 0 bridgehead atoms. The molecule has 0 saturated heterocycles. The van der Waals surface area contributed by atoms with Crippen molar-refractivity contribution in [2.45, 2.75) is 11.3 Å². The van der Waals surface area contributed by atoms with Gasteiger partial charge in [-0.3, -0.25) is 0 Å². The van der Waals surface area contributed by atoms with Gasteiger partial charge in [-0.15, -0.1) is 0 Å². The highest BCUT2D eigenvalue weighted by atomic mass is 32.2. The van der Waals surface area contributed by atoms with Crippen LogP contribution in [-0.2, 0) is 16.4 Å². The first-order chi connectivity index (χ1) is 10.0. The van der Waals surface area contributed by atoms with Gasteiger partial charge in [-0.05, 0) is 30.2 Å². The van der Waals surface area contributed by atoms with Crippen molar-refractivity contribution in [2.75, 3.05) is 12.0 Å². The Morgan fingerprint density at radius 2 is 1.90 bits per heavy atom. The molecule has 0 aliphatic rings. The molecule has 2 rings (SSSR count). The van der Waals surface area contributed by atoms with Crippen molar-refractivity contribution >= 4 is 15.8 Å². The lowest BCUT2D eigenvalue weighted by Gasteiger charge is -2.08. The van der Waals surface area contributed by atoms with Crippen LogP contribution in [0, 0.1) is 0 Å². The molecule has 0 radical (unpaired) electrons. The number of aromatic nitrogens is 1. The average Bonchev–Trinajstić information content (AvgIpc) is 2.49. The molecule has 112 valence electrons. The maximum Gasteiger partial charge on any atom is 0.240 e. The number of benzene rings is 1. The second kappa shape index (κ2) is 6.53. The van der Waals surface area contributed by atoms with Crippen LogP contribution in [0.25, 0.3) is 0 Å². The zero-order valence-electron chi connectivity index (χ0n) is 11.2. The fourth-order valence-corrected chi connectivity index (χ4v) is 2.78. The molecule has 0 spiro atoms. The first kappa shape index (κ1) is 15.2. The van der Waals surface area contributed by atoms with E-state index in [4.69, 9.17) is 5.84 Å². The van der Waals surface area contributed by atoms with E-state index >= 15 is 0 Å². The van der Waals surface area contributed by atoms with E-state index in [2.05, 4.69) is 15.1 Å². The van der Waals surface area contributed by atoms with E-state index in [1.165, 1.54) is 18.3 Å². The number of nitrogens with one attached hydrogen (secondary N) is 2. The Morgan fingerprint density at radius 1 is 1.19 bits per heavy atom. The molecule has 21 heavy (non-hydrogen) atoms. The van der Waals surface area contributed by atoms with Crippen molar-refractivity contribution in [1.29, 1.82) is 0 Å². The van der Waals surface area contributed by atoms with Crippen LogP contribution >= 0.6 is 0 Å². The molecule has 0 saturated carbocycles. The molecule has 0 fully saturated rings. The number of nitrogens with zero attached hydrogens (tertiary/aromatic N) is 1. The van der Waals surface area contributed by atoms with Gasteiger partial charge in [-0.1, -0.05) is 12.1 Å². The van der Waals surface area contributed by atoms with E-state index in [1.807, 2.05) is 0 Å². The van der Waals surface area contributed by atoms with Crippen molar-refractivity contribution in [3.63, 3.8) is 0 Å². The minimum absolute atomic E-state index is 0.0937. The molecule has 7 nitrogen and oxygen atoms in total. The summed E-state index contributed by atoms with van der Waals surface area (Å²) in [5, 5.41) is 9.18. The third-order valence-corrected chi connectivity index (χ3v) is 4.29. The molecule has 2 aromatic rings. The predicted molar refractivity (Wildman–Crippen MR) is 79.0 cm³/mol. The molecule has 1 heterocycles. The fraction of sp³-hybridized carbons (Fsp3) is 0.154. The molecule has 0 atom stereocenters. The van der Waals surface area contributed by atoms with Gasteiger partial charge in [0.05, 0.1) is 4.90 Å². The number of pyridine rings is 1. The van der Waals surface area contributed by atoms with Crippen LogP contribution in [0.4, 0.5) is 5.82 Å². The van der Waals surface area contributed by atoms with Crippen LogP contribution in [-0.4, -0.2) is 25.1 Å². The molecule has 1 aromatic carbocycles. The van der Waals surface area contributed by atoms with Crippen molar-refractivity contribution < 1.29 is 13.5 Å². The Balaban J connectivity index is 1.99. The minimum atomic E-state index is -3.61. The van der Waals surface area contributed by atoms with Crippen molar-refractivity contribution in [3.05, 3.63) is 48.2 Å². The predicted octanol–water partition coefficient (Wildman–Crippen LogP) is 0.594. The van der Waals surface area contributed by atoms with E-state index in [-0.39, 0.29) is 23.0 Å². The highest BCUT2D eigenvalue weighted by molar-refractivity contribution is 7.89. The molecule has 0 unspecified atom stereocenters. The van der Waals surface area contributed by atoms with Crippen LogP contribution in [0.15, 0.2) is 47.5 Å². The summed E-state index contributed by atoms with van der Waals surface area (Å²) in [5.74, 6) is 5.66. The number of nitrogens with two attached hydrogens (primary N) is 1. The lowest BCUT2D eigenvalue weighted by Crippen LogP contribution is -2.26. The largest absolute Gasteiger partial charge is 0.508 e. The average molecular weight is 308 g/mol. The summed E-state index contributed by atoms with van der Waals surface area (Å²) in [4.78, 5) is 3.95. The third-order valence-electron chi connectivity index (χ3n) is 2.83. The van der Waals surface area contributed by atoms with Gasteiger partial charge in [-0.2, -0.15) is 0 Å². The van der Waals surface area contributed by atoms with Gasteiger partial charge < -0.3 is 10.5 Å². The third kappa shape index (κ3) is 4.15. The van der Waals surface area contributed by atoms with Crippen molar-refractivity contribution in [1.82, 2.24) is 9.71 Å². The van der Waals surface area contributed by atoms with Gasteiger partial charge in [0.15, 0.2) is 0 Å². The number of aromatic hydroxyl groups is 1. The Bertz CT molecular complexity index is 702. The number of sulfonamides is 1. The molecule has 8 heteroatoms. The second-order valence-electron chi connectivity index (χ2n) is 4.34. The lowest BCUT2D eigenvalue weighted by molar-refractivity contribution is 0.475. The number of hydrazine groups is 1. The van der Waals surface area contributed by atoms with Gasteiger partial charge in [0, 0.05) is 18.8 Å². The molecule has 0 amide bonds.